The maximum Gasteiger partial charge on any atom is 0.231 e. The minimum atomic E-state index is -0.360. The van der Waals surface area contributed by atoms with Crippen LogP contribution in [0.3, 0.4) is 0 Å². The van der Waals surface area contributed by atoms with E-state index in [9.17, 15) is 14.0 Å². The molecule has 22 heavy (non-hydrogen) atoms. The first kappa shape index (κ1) is 14.3. The normalized spacial score (nSPS) is 16.1. The monoisotopic (exact) mass is 298 g/mol. The molecule has 0 aromatic heterocycles. The molecule has 1 atom stereocenters. The molecule has 2 aromatic carbocycles. The predicted octanol–water partition coefficient (Wildman–Crippen LogP) is 3.06. The molecular weight excluding hydrogens is 283 g/mol. The Hall–Kier alpha value is -2.69. The molecule has 1 heterocycles. The van der Waals surface area contributed by atoms with Gasteiger partial charge in [0.2, 0.25) is 11.8 Å². The topological polar surface area (TPSA) is 58.2 Å². The Labute approximate surface area is 127 Å². The number of fused-ring (bicyclic) bond motifs is 1. The van der Waals surface area contributed by atoms with Crippen LogP contribution in [0, 0.1) is 5.82 Å². The second kappa shape index (κ2) is 5.60. The fourth-order valence-electron chi connectivity index (χ4n) is 2.53. The Morgan fingerprint density at radius 1 is 1.27 bits per heavy atom. The molecule has 5 heteroatoms. The smallest absolute Gasteiger partial charge is 0.231 e. The van der Waals surface area contributed by atoms with Gasteiger partial charge in [-0.1, -0.05) is 12.1 Å². The molecule has 4 nitrogen and oxygen atoms in total. The third kappa shape index (κ3) is 2.83. The summed E-state index contributed by atoms with van der Waals surface area (Å²) >= 11 is 0. The summed E-state index contributed by atoms with van der Waals surface area (Å²) in [6.07, 6.45) is 0.0988. The lowest BCUT2D eigenvalue weighted by atomic mass is 10.0. The molecule has 2 N–H and O–H groups in total. The van der Waals surface area contributed by atoms with Crippen LogP contribution in [-0.4, -0.2) is 11.8 Å². The summed E-state index contributed by atoms with van der Waals surface area (Å²) in [5.41, 5.74) is 2.89. The van der Waals surface area contributed by atoms with Gasteiger partial charge < -0.3 is 10.6 Å². The lowest BCUT2D eigenvalue weighted by molar-refractivity contribution is -0.117. The van der Waals surface area contributed by atoms with Gasteiger partial charge in [0.25, 0.3) is 0 Å². The number of nitrogens with one attached hydrogen (secondary N) is 2. The van der Waals surface area contributed by atoms with Crippen LogP contribution in [0.4, 0.5) is 15.8 Å². The van der Waals surface area contributed by atoms with Gasteiger partial charge >= 0.3 is 0 Å². The number of hydrogen-bond donors (Lipinski definition) is 2. The van der Waals surface area contributed by atoms with Gasteiger partial charge in [0.1, 0.15) is 5.82 Å². The molecule has 1 aliphatic heterocycles. The van der Waals surface area contributed by atoms with Gasteiger partial charge in [0.05, 0.1) is 12.3 Å². The van der Waals surface area contributed by atoms with E-state index in [1.165, 1.54) is 12.1 Å². The molecule has 0 saturated heterocycles. The van der Waals surface area contributed by atoms with E-state index < -0.39 is 0 Å². The molecule has 0 radical (unpaired) electrons. The van der Waals surface area contributed by atoms with Crippen LogP contribution in [0.25, 0.3) is 0 Å². The number of halogens is 1. The van der Waals surface area contributed by atoms with E-state index in [1.54, 1.807) is 30.3 Å². The number of hydrogen-bond acceptors (Lipinski definition) is 2. The summed E-state index contributed by atoms with van der Waals surface area (Å²) in [6.45, 7) is 1.82. The third-order valence-electron chi connectivity index (χ3n) is 3.71. The molecular formula is C17H15FN2O2. The van der Waals surface area contributed by atoms with Crippen LogP contribution in [0.15, 0.2) is 42.5 Å². The van der Waals surface area contributed by atoms with Crippen LogP contribution >= 0.6 is 0 Å². The summed E-state index contributed by atoms with van der Waals surface area (Å²) in [5.74, 6) is -0.856. The zero-order valence-corrected chi connectivity index (χ0v) is 12.0. The highest BCUT2D eigenvalue weighted by Gasteiger charge is 2.26. The standard InChI is InChI=1S/C17H15FN2O2/c1-10-14-9-13(5-6-15(14)20-17(10)22)19-16(21)8-11-3-2-4-12(18)7-11/h2-7,9-10H,8H2,1H3,(H,19,21)(H,20,22). The Morgan fingerprint density at radius 2 is 2.09 bits per heavy atom. The van der Waals surface area contributed by atoms with Gasteiger partial charge in [0, 0.05) is 11.4 Å². The van der Waals surface area contributed by atoms with Crippen molar-refractivity contribution in [1.29, 1.82) is 0 Å². The maximum atomic E-state index is 13.1. The molecule has 1 unspecified atom stereocenters. The van der Waals surface area contributed by atoms with Gasteiger partial charge in [0.15, 0.2) is 0 Å². The van der Waals surface area contributed by atoms with Gasteiger partial charge in [-0.3, -0.25) is 9.59 Å². The maximum absolute atomic E-state index is 13.1. The van der Waals surface area contributed by atoms with Crippen molar-refractivity contribution in [3.05, 3.63) is 59.4 Å². The van der Waals surface area contributed by atoms with Gasteiger partial charge in [-0.25, -0.2) is 4.39 Å². The summed E-state index contributed by atoms with van der Waals surface area (Å²) in [4.78, 5) is 23.6. The van der Waals surface area contributed by atoms with Crippen LogP contribution in [0.5, 0.6) is 0 Å². The quantitative estimate of drug-likeness (QED) is 0.915. The number of amides is 2. The molecule has 112 valence electrons. The van der Waals surface area contributed by atoms with Crippen LogP contribution in [0.1, 0.15) is 24.0 Å². The van der Waals surface area contributed by atoms with Gasteiger partial charge in [-0.15, -0.1) is 0 Å². The predicted molar refractivity (Wildman–Crippen MR) is 82.2 cm³/mol. The third-order valence-corrected chi connectivity index (χ3v) is 3.71. The highest BCUT2D eigenvalue weighted by Crippen LogP contribution is 2.33. The average Bonchev–Trinajstić information content (AvgIpc) is 2.74. The van der Waals surface area contributed by atoms with E-state index in [2.05, 4.69) is 10.6 Å². The Balaban J connectivity index is 1.71. The highest BCUT2D eigenvalue weighted by atomic mass is 19.1. The largest absolute Gasteiger partial charge is 0.326 e. The summed E-state index contributed by atoms with van der Waals surface area (Å²) in [5, 5.41) is 5.55. The Bertz CT molecular complexity index is 758. The summed E-state index contributed by atoms with van der Waals surface area (Å²) in [6, 6.07) is 11.3. The number of rotatable bonds is 3. The van der Waals surface area contributed by atoms with Crippen molar-refractivity contribution in [2.45, 2.75) is 19.3 Å². The Morgan fingerprint density at radius 3 is 2.86 bits per heavy atom. The van der Waals surface area contributed by atoms with Crippen molar-refractivity contribution in [1.82, 2.24) is 0 Å². The fourth-order valence-corrected chi connectivity index (χ4v) is 2.53. The zero-order chi connectivity index (χ0) is 15.7. The molecule has 2 aromatic rings. The van der Waals surface area contributed by atoms with Crippen molar-refractivity contribution in [2.24, 2.45) is 0 Å². The van der Waals surface area contributed by atoms with Crippen molar-refractivity contribution in [3.63, 3.8) is 0 Å². The summed E-state index contributed by atoms with van der Waals surface area (Å²) in [7, 11) is 0. The van der Waals surface area contributed by atoms with E-state index >= 15 is 0 Å². The molecule has 0 saturated carbocycles. The first-order valence-corrected chi connectivity index (χ1v) is 7.02. The van der Waals surface area contributed by atoms with Crippen LogP contribution in [0.2, 0.25) is 0 Å². The molecule has 0 fully saturated rings. The number of carbonyl (C=O) groups excluding carboxylic acids is 2. The molecule has 0 spiro atoms. The van der Waals surface area contributed by atoms with Gasteiger partial charge in [-0.05, 0) is 48.4 Å². The van der Waals surface area contributed by atoms with Gasteiger partial charge in [-0.2, -0.15) is 0 Å². The molecule has 0 bridgehead atoms. The minimum Gasteiger partial charge on any atom is -0.326 e. The highest BCUT2D eigenvalue weighted by molar-refractivity contribution is 6.03. The van der Waals surface area contributed by atoms with E-state index in [0.717, 1.165) is 11.3 Å². The Kier molecular flexibility index (Phi) is 3.63. The van der Waals surface area contributed by atoms with Crippen molar-refractivity contribution < 1.29 is 14.0 Å². The van der Waals surface area contributed by atoms with Crippen molar-refractivity contribution >= 4 is 23.2 Å². The second-order valence-corrected chi connectivity index (χ2v) is 5.37. The van der Waals surface area contributed by atoms with Crippen LogP contribution in [-0.2, 0) is 16.0 Å². The first-order chi connectivity index (χ1) is 10.5. The van der Waals surface area contributed by atoms with Crippen molar-refractivity contribution in [3.8, 4) is 0 Å². The average molecular weight is 298 g/mol. The lowest BCUT2D eigenvalue weighted by Crippen LogP contribution is -2.14. The first-order valence-electron chi connectivity index (χ1n) is 7.02. The molecule has 2 amide bonds. The van der Waals surface area contributed by atoms with E-state index in [0.29, 0.717) is 11.3 Å². The number of carbonyl (C=O) groups is 2. The molecule has 1 aliphatic rings. The second-order valence-electron chi connectivity index (χ2n) is 5.37. The summed E-state index contributed by atoms with van der Waals surface area (Å²) < 4.78 is 13.1. The van der Waals surface area contributed by atoms with E-state index in [4.69, 9.17) is 0 Å². The van der Waals surface area contributed by atoms with Crippen molar-refractivity contribution in [2.75, 3.05) is 10.6 Å². The minimum absolute atomic E-state index is 0.0433. The van der Waals surface area contributed by atoms with Crippen LogP contribution < -0.4 is 10.6 Å². The number of benzene rings is 2. The number of anilines is 2. The van der Waals surface area contributed by atoms with E-state index in [1.807, 2.05) is 6.92 Å². The molecule has 0 aliphatic carbocycles. The fraction of sp³-hybridized carbons (Fsp3) is 0.176. The molecule has 3 rings (SSSR count). The lowest BCUT2D eigenvalue weighted by Gasteiger charge is -2.08. The SMILES string of the molecule is CC1C(=O)Nc2ccc(NC(=O)Cc3cccc(F)c3)cc21. The van der Waals surface area contributed by atoms with E-state index in [-0.39, 0.29) is 30.0 Å². The zero-order valence-electron chi connectivity index (χ0n) is 12.0.